The molecule has 1 aliphatic rings. The van der Waals surface area contributed by atoms with E-state index in [4.69, 9.17) is 9.47 Å². The quantitative estimate of drug-likeness (QED) is 0.859. The van der Waals surface area contributed by atoms with Gasteiger partial charge < -0.3 is 14.8 Å². The van der Waals surface area contributed by atoms with Gasteiger partial charge in [0.1, 0.15) is 11.8 Å². The van der Waals surface area contributed by atoms with Crippen molar-refractivity contribution in [1.82, 2.24) is 20.1 Å². The Hall–Kier alpha value is -1.77. The predicted octanol–water partition coefficient (Wildman–Crippen LogP) is 1.03. The molecule has 2 aromatic rings. The van der Waals surface area contributed by atoms with Gasteiger partial charge in [0.05, 0.1) is 31.0 Å². The van der Waals surface area contributed by atoms with Crippen molar-refractivity contribution in [3.63, 3.8) is 0 Å². The largest absolute Gasteiger partial charge is 0.383 e. The molecule has 2 aromatic heterocycles. The number of hydrogen-bond donors (Lipinski definition) is 1. The average Bonchev–Trinajstić information content (AvgIpc) is 3.19. The second-order valence-electron chi connectivity index (χ2n) is 4.99. The zero-order valence-electron chi connectivity index (χ0n) is 12.3. The van der Waals surface area contributed by atoms with Gasteiger partial charge in [-0.15, -0.1) is 11.3 Å². The van der Waals surface area contributed by atoms with Crippen molar-refractivity contribution in [1.29, 1.82) is 0 Å². The molecule has 118 valence electrons. The Kier molecular flexibility index (Phi) is 4.81. The molecule has 3 heterocycles. The normalized spacial score (nSPS) is 17.2. The van der Waals surface area contributed by atoms with E-state index in [1.54, 1.807) is 18.0 Å². The highest BCUT2D eigenvalue weighted by Gasteiger charge is 2.25. The van der Waals surface area contributed by atoms with Gasteiger partial charge in [0.15, 0.2) is 0 Å². The van der Waals surface area contributed by atoms with Crippen LogP contribution < -0.4 is 5.32 Å². The number of hydrogen-bond acceptors (Lipinski definition) is 6. The van der Waals surface area contributed by atoms with Gasteiger partial charge in [0, 0.05) is 25.2 Å². The number of nitrogens with zero attached hydrogens (tertiary/aromatic N) is 3. The molecular weight excluding hydrogens is 304 g/mol. The number of nitrogens with one attached hydrogen (secondary N) is 1. The fourth-order valence-electron chi connectivity index (χ4n) is 2.39. The Bertz CT molecular complexity index is 626. The van der Waals surface area contributed by atoms with Crippen LogP contribution in [-0.4, -0.2) is 47.5 Å². The molecule has 0 bridgehead atoms. The SMILES string of the molecule is COCCn1cc2c(n1)[C@H](CNC(=O)c1cscn1)OCC2. The number of ether oxygens (including phenoxy) is 2. The van der Waals surface area contributed by atoms with Crippen molar-refractivity contribution in [2.45, 2.75) is 19.1 Å². The van der Waals surface area contributed by atoms with Crippen LogP contribution in [-0.2, 0) is 22.4 Å². The Labute approximate surface area is 132 Å². The lowest BCUT2D eigenvalue weighted by Gasteiger charge is -2.22. The van der Waals surface area contributed by atoms with E-state index in [1.165, 1.54) is 16.9 Å². The topological polar surface area (TPSA) is 78.3 Å². The smallest absolute Gasteiger partial charge is 0.270 e. The maximum Gasteiger partial charge on any atom is 0.270 e. The highest BCUT2D eigenvalue weighted by Crippen LogP contribution is 2.25. The third kappa shape index (κ3) is 3.34. The van der Waals surface area contributed by atoms with E-state index in [-0.39, 0.29) is 12.0 Å². The summed E-state index contributed by atoms with van der Waals surface area (Å²) in [6.45, 7) is 2.36. The summed E-state index contributed by atoms with van der Waals surface area (Å²) < 4.78 is 12.7. The number of rotatable bonds is 6. The molecule has 1 aliphatic heterocycles. The number of aromatic nitrogens is 3. The van der Waals surface area contributed by atoms with E-state index in [2.05, 4.69) is 15.4 Å². The second kappa shape index (κ2) is 6.99. The average molecular weight is 322 g/mol. The molecule has 1 amide bonds. The Morgan fingerprint density at radius 2 is 2.55 bits per heavy atom. The van der Waals surface area contributed by atoms with E-state index in [0.29, 0.717) is 32.0 Å². The Balaban J connectivity index is 1.64. The number of carbonyl (C=O) groups is 1. The van der Waals surface area contributed by atoms with Gasteiger partial charge in [0.2, 0.25) is 0 Å². The lowest BCUT2D eigenvalue weighted by Crippen LogP contribution is -2.32. The maximum absolute atomic E-state index is 11.9. The molecule has 8 heteroatoms. The van der Waals surface area contributed by atoms with Crippen LogP contribution >= 0.6 is 11.3 Å². The number of fused-ring (bicyclic) bond motifs is 1. The zero-order valence-corrected chi connectivity index (χ0v) is 13.1. The van der Waals surface area contributed by atoms with Crippen molar-refractivity contribution in [2.75, 3.05) is 26.9 Å². The minimum atomic E-state index is -0.213. The summed E-state index contributed by atoms with van der Waals surface area (Å²) in [6.07, 6.45) is 2.67. The first kappa shape index (κ1) is 15.1. The predicted molar refractivity (Wildman–Crippen MR) is 80.9 cm³/mol. The standard InChI is InChI=1S/C14H18N4O3S/c1-20-5-3-18-7-10-2-4-21-12(13(10)17-18)6-15-14(19)11-8-22-9-16-11/h7-9,12H,2-6H2,1H3,(H,15,19)/t12-/m0/s1. The summed E-state index contributed by atoms with van der Waals surface area (Å²) in [7, 11) is 1.67. The number of methoxy groups -OCH3 is 1. The van der Waals surface area contributed by atoms with Crippen LogP contribution in [0.25, 0.3) is 0 Å². The van der Waals surface area contributed by atoms with E-state index in [9.17, 15) is 4.79 Å². The molecule has 1 atom stereocenters. The minimum Gasteiger partial charge on any atom is -0.383 e. The molecule has 0 fully saturated rings. The van der Waals surface area contributed by atoms with Crippen molar-refractivity contribution in [2.24, 2.45) is 0 Å². The van der Waals surface area contributed by atoms with Crippen LogP contribution in [0.3, 0.4) is 0 Å². The third-order valence-electron chi connectivity index (χ3n) is 3.50. The molecule has 0 saturated heterocycles. The molecule has 1 N–H and O–H groups in total. The fraction of sp³-hybridized carbons (Fsp3) is 0.500. The van der Waals surface area contributed by atoms with Crippen LogP contribution in [0, 0.1) is 0 Å². The fourth-order valence-corrected chi connectivity index (χ4v) is 2.92. The van der Waals surface area contributed by atoms with E-state index < -0.39 is 0 Å². The van der Waals surface area contributed by atoms with Crippen molar-refractivity contribution in [3.8, 4) is 0 Å². The van der Waals surface area contributed by atoms with Crippen LogP contribution in [0.1, 0.15) is 27.8 Å². The van der Waals surface area contributed by atoms with Gasteiger partial charge in [0.25, 0.3) is 5.91 Å². The Morgan fingerprint density at radius 1 is 1.64 bits per heavy atom. The van der Waals surface area contributed by atoms with Crippen LogP contribution in [0.15, 0.2) is 17.1 Å². The number of amides is 1. The van der Waals surface area contributed by atoms with Crippen molar-refractivity contribution < 1.29 is 14.3 Å². The monoisotopic (exact) mass is 322 g/mol. The van der Waals surface area contributed by atoms with Gasteiger partial charge in [-0.25, -0.2) is 4.98 Å². The lowest BCUT2D eigenvalue weighted by molar-refractivity contribution is 0.0382. The highest BCUT2D eigenvalue weighted by molar-refractivity contribution is 7.07. The molecule has 0 aliphatic carbocycles. The first-order valence-corrected chi connectivity index (χ1v) is 8.05. The van der Waals surface area contributed by atoms with Gasteiger partial charge in [-0.3, -0.25) is 9.48 Å². The van der Waals surface area contributed by atoms with Crippen LogP contribution in [0.4, 0.5) is 0 Å². The molecule has 0 spiro atoms. The summed E-state index contributed by atoms with van der Waals surface area (Å²) in [6, 6.07) is 0. The second-order valence-corrected chi connectivity index (χ2v) is 5.71. The van der Waals surface area contributed by atoms with Gasteiger partial charge >= 0.3 is 0 Å². The van der Waals surface area contributed by atoms with Crippen molar-refractivity contribution in [3.05, 3.63) is 34.0 Å². The minimum absolute atomic E-state index is 0.184. The zero-order chi connectivity index (χ0) is 15.4. The molecular formula is C14H18N4O3S. The first-order valence-electron chi connectivity index (χ1n) is 7.11. The molecule has 7 nitrogen and oxygen atoms in total. The van der Waals surface area contributed by atoms with Gasteiger partial charge in [-0.2, -0.15) is 5.10 Å². The molecule has 0 saturated carbocycles. The van der Waals surface area contributed by atoms with Gasteiger partial charge in [-0.05, 0) is 12.0 Å². The van der Waals surface area contributed by atoms with E-state index in [1.807, 2.05) is 10.9 Å². The lowest BCUT2D eigenvalue weighted by atomic mass is 10.1. The summed E-state index contributed by atoms with van der Waals surface area (Å²) in [4.78, 5) is 15.9. The van der Waals surface area contributed by atoms with E-state index >= 15 is 0 Å². The summed E-state index contributed by atoms with van der Waals surface area (Å²) in [5, 5.41) is 9.14. The molecule has 0 unspecified atom stereocenters. The molecule has 3 rings (SSSR count). The van der Waals surface area contributed by atoms with Crippen LogP contribution in [0.5, 0.6) is 0 Å². The first-order chi connectivity index (χ1) is 10.8. The third-order valence-corrected chi connectivity index (χ3v) is 4.09. The maximum atomic E-state index is 11.9. The Morgan fingerprint density at radius 3 is 3.32 bits per heavy atom. The molecule has 0 radical (unpaired) electrons. The number of thiazole rings is 1. The summed E-state index contributed by atoms with van der Waals surface area (Å²) in [5.74, 6) is -0.184. The van der Waals surface area contributed by atoms with Gasteiger partial charge in [-0.1, -0.05) is 0 Å². The summed E-state index contributed by atoms with van der Waals surface area (Å²) >= 11 is 1.40. The number of carbonyl (C=O) groups excluding carboxylic acids is 1. The summed E-state index contributed by atoms with van der Waals surface area (Å²) in [5.41, 5.74) is 4.16. The van der Waals surface area contributed by atoms with Crippen molar-refractivity contribution >= 4 is 17.2 Å². The van der Waals surface area contributed by atoms with Crippen LogP contribution in [0.2, 0.25) is 0 Å². The molecule has 22 heavy (non-hydrogen) atoms. The highest BCUT2D eigenvalue weighted by atomic mass is 32.1. The van der Waals surface area contributed by atoms with E-state index in [0.717, 1.165) is 12.1 Å². The molecule has 0 aromatic carbocycles.